The Hall–Kier alpha value is -0.450. The van der Waals surface area contributed by atoms with Crippen LogP contribution in [0.1, 0.15) is 13.3 Å². The van der Waals surface area contributed by atoms with Gasteiger partial charge in [0.1, 0.15) is 5.60 Å². The molecule has 12 heavy (non-hydrogen) atoms. The van der Waals surface area contributed by atoms with Crippen molar-refractivity contribution in [2.45, 2.75) is 25.2 Å². The third-order valence-corrected chi connectivity index (χ3v) is 2.21. The van der Waals surface area contributed by atoms with Crippen LogP contribution in [0.2, 0.25) is 0 Å². The fourth-order valence-electron chi connectivity index (χ4n) is 1.10. The van der Waals surface area contributed by atoms with E-state index in [0.717, 1.165) is 6.42 Å². The van der Waals surface area contributed by atoms with Gasteiger partial charge in [-0.05, 0) is 6.42 Å². The summed E-state index contributed by atoms with van der Waals surface area (Å²) in [7, 11) is 1.62. The zero-order valence-electron chi connectivity index (χ0n) is 7.41. The lowest BCUT2D eigenvalue weighted by molar-refractivity contribution is -0.246. The van der Waals surface area contributed by atoms with Crippen LogP contribution in [0, 0.1) is 0 Å². The molecule has 0 radical (unpaired) electrons. The fourth-order valence-corrected chi connectivity index (χ4v) is 1.10. The third-order valence-electron chi connectivity index (χ3n) is 2.21. The highest BCUT2D eigenvalue weighted by molar-refractivity contribution is 5.53. The van der Waals surface area contributed by atoms with E-state index >= 15 is 0 Å². The molecule has 1 aliphatic rings. The molecule has 70 valence electrons. The summed E-state index contributed by atoms with van der Waals surface area (Å²) in [4.78, 5) is 10.3. The minimum atomic E-state index is -0.708. The zero-order valence-corrected chi connectivity index (χ0v) is 7.41. The Kier molecular flexibility index (Phi) is 3.20. The van der Waals surface area contributed by atoms with Crippen LogP contribution in [-0.4, -0.2) is 38.5 Å². The van der Waals surface area contributed by atoms with Gasteiger partial charge >= 0.3 is 0 Å². The molecule has 0 saturated carbocycles. The number of aldehydes is 1. The second kappa shape index (κ2) is 3.98. The minimum absolute atomic E-state index is 0.362. The zero-order chi connectivity index (χ0) is 9.03. The van der Waals surface area contributed by atoms with E-state index in [1.807, 2.05) is 6.92 Å². The summed E-state index contributed by atoms with van der Waals surface area (Å²) in [5, 5.41) is 0. The van der Waals surface area contributed by atoms with Crippen molar-refractivity contribution in [2.75, 3.05) is 20.3 Å². The Morgan fingerprint density at radius 2 is 2.17 bits per heavy atom. The molecule has 0 aromatic heterocycles. The predicted octanol–water partition coefficient (Wildman–Crippen LogP) is 0.353. The van der Waals surface area contributed by atoms with Gasteiger partial charge in [-0.15, -0.1) is 0 Å². The van der Waals surface area contributed by atoms with Crippen LogP contribution in [0.15, 0.2) is 0 Å². The van der Waals surface area contributed by atoms with Crippen molar-refractivity contribution >= 4 is 6.29 Å². The summed E-state index contributed by atoms with van der Waals surface area (Å²) < 4.78 is 15.5. The maximum atomic E-state index is 10.3. The molecule has 0 N–H and O–H groups in total. The van der Waals surface area contributed by atoms with Crippen molar-refractivity contribution in [1.82, 2.24) is 0 Å². The van der Waals surface area contributed by atoms with Crippen molar-refractivity contribution < 1.29 is 19.0 Å². The number of methoxy groups -OCH3 is 1. The topological polar surface area (TPSA) is 44.8 Å². The third kappa shape index (κ3) is 1.83. The van der Waals surface area contributed by atoms with E-state index in [2.05, 4.69) is 0 Å². The molecule has 0 aliphatic carbocycles. The molecule has 0 spiro atoms. The van der Waals surface area contributed by atoms with Gasteiger partial charge in [0.05, 0.1) is 13.2 Å². The lowest BCUT2D eigenvalue weighted by atomic mass is 10.0. The Labute approximate surface area is 71.8 Å². The molecule has 4 heteroatoms. The highest BCUT2D eigenvalue weighted by Crippen LogP contribution is 2.21. The number of hydrogen-bond acceptors (Lipinski definition) is 4. The van der Waals surface area contributed by atoms with E-state index < -0.39 is 6.29 Å². The summed E-state index contributed by atoms with van der Waals surface area (Å²) in [6.45, 7) is 2.84. The van der Waals surface area contributed by atoms with Crippen LogP contribution in [0.4, 0.5) is 0 Å². The Balaban J connectivity index is 2.47. The van der Waals surface area contributed by atoms with Crippen LogP contribution in [0.3, 0.4) is 0 Å². The summed E-state index contributed by atoms with van der Waals surface area (Å²) in [6, 6.07) is 0. The van der Waals surface area contributed by atoms with Gasteiger partial charge in [-0.3, -0.25) is 4.79 Å². The van der Waals surface area contributed by atoms with Crippen molar-refractivity contribution in [2.24, 2.45) is 0 Å². The Bertz CT molecular complexity index is 143. The summed E-state index contributed by atoms with van der Waals surface area (Å²) in [6.07, 6.45) is 0.754. The number of carbonyl (C=O) groups is 1. The largest absolute Gasteiger partial charge is 0.373 e. The lowest BCUT2D eigenvalue weighted by Gasteiger charge is -2.36. The predicted molar refractivity (Wildman–Crippen MR) is 41.8 cm³/mol. The lowest BCUT2D eigenvalue weighted by Crippen LogP contribution is -2.48. The quantitative estimate of drug-likeness (QED) is 0.579. The van der Waals surface area contributed by atoms with Crippen molar-refractivity contribution in [3.63, 3.8) is 0 Å². The van der Waals surface area contributed by atoms with Gasteiger partial charge in [0.15, 0.2) is 6.29 Å². The monoisotopic (exact) mass is 174 g/mol. The molecule has 4 nitrogen and oxygen atoms in total. The summed E-state index contributed by atoms with van der Waals surface area (Å²) in [5.41, 5.74) is -0.362. The average molecular weight is 174 g/mol. The van der Waals surface area contributed by atoms with Crippen molar-refractivity contribution in [3.8, 4) is 0 Å². The second-order valence-electron chi connectivity index (χ2n) is 2.87. The molecule has 1 saturated heterocycles. The number of hydrogen-bond donors (Lipinski definition) is 0. The SMILES string of the molecule is CCC1(OC)COC(C=O)OC1. The number of carbonyl (C=O) groups excluding carboxylic acids is 1. The van der Waals surface area contributed by atoms with Gasteiger partial charge in [-0.1, -0.05) is 6.92 Å². The van der Waals surface area contributed by atoms with Gasteiger partial charge in [0.2, 0.25) is 6.29 Å². The molecule has 1 fully saturated rings. The molecule has 0 atom stereocenters. The van der Waals surface area contributed by atoms with Crippen LogP contribution in [0.5, 0.6) is 0 Å². The first kappa shape index (κ1) is 9.64. The number of rotatable bonds is 3. The van der Waals surface area contributed by atoms with Crippen LogP contribution in [0.25, 0.3) is 0 Å². The van der Waals surface area contributed by atoms with Gasteiger partial charge in [-0.2, -0.15) is 0 Å². The molecular weight excluding hydrogens is 160 g/mol. The van der Waals surface area contributed by atoms with Gasteiger partial charge in [0, 0.05) is 7.11 Å². The summed E-state index contributed by atoms with van der Waals surface area (Å²) >= 11 is 0. The first-order valence-corrected chi connectivity index (χ1v) is 4.00. The molecule has 1 aliphatic heterocycles. The standard InChI is InChI=1S/C8H14O4/c1-3-8(10-2)5-11-7(4-9)12-6-8/h4,7H,3,5-6H2,1-2H3. The van der Waals surface area contributed by atoms with Crippen LogP contribution in [-0.2, 0) is 19.0 Å². The Morgan fingerprint density at radius 1 is 1.58 bits per heavy atom. The van der Waals surface area contributed by atoms with E-state index in [-0.39, 0.29) is 5.60 Å². The van der Waals surface area contributed by atoms with E-state index in [0.29, 0.717) is 19.5 Å². The maximum Gasteiger partial charge on any atom is 0.214 e. The molecule has 0 aromatic carbocycles. The highest BCUT2D eigenvalue weighted by atomic mass is 16.7. The van der Waals surface area contributed by atoms with E-state index in [4.69, 9.17) is 14.2 Å². The van der Waals surface area contributed by atoms with Crippen molar-refractivity contribution in [3.05, 3.63) is 0 Å². The molecule has 0 unspecified atom stereocenters. The van der Waals surface area contributed by atoms with Gasteiger partial charge < -0.3 is 14.2 Å². The minimum Gasteiger partial charge on any atom is -0.373 e. The van der Waals surface area contributed by atoms with E-state index in [9.17, 15) is 4.79 Å². The van der Waals surface area contributed by atoms with Crippen molar-refractivity contribution in [1.29, 1.82) is 0 Å². The Morgan fingerprint density at radius 3 is 2.50 bits per heavy atom. The van der Waals surface area contributed by atoms with Crippen LogP contribution < -0.4 is 0 Å². The molecular formula is C8H14O4. The molecule has 0 bridgehead atoms. The highest BCUT2D eigenvalue weighted by Gasteiger charge is 2.35. The average Bonchev–Trinajstić information content (AvgIpc) is 2.18. The fraction of sp³-hybridized carbons (Fsp3) is 0.875. The normalized spacial score (nSPS) is 36.3. The van der Waals surface area contributed by atoms with Gasteiger partial charge in [-0.25, -0.2) is 0 Å². The molecule has 1 heterocycles. The van der Waals surface area contributed by atoms with E-state index in [1.54, 1.807) is 7.11 Å². The maximum absolute atomic E-state index is 10.3. The number of ether oxygens (including phenoxy) is 3. The smallest absolute Gasteiger partial charge is 0.214 e. The molecule has 0 amide bonds. The van der Waals surface area contributed by atoms with Gasteiger partial charge in [0.25, 0.3) is 0 Å². The second-order valence-corrected chi connectivity index (χ2v) is 2.87. The first-order valence-electron chi connectivity index (χ1n) is 4.00. The molecule has 1 rings (SSSR count). The molecule has 0 aromatic rings. The van der Waals surface area contributed by atoms with Crippen LogP contribution >= 0.6 is 0 Å². The van der Waals surface area contributed by atoms with E-state index in [1.165, 1.54) is 0 Å². The first-order chi connectivity index (χ1) is 5.76. The summed E-state index contributed by atoms with van der Waals surface area (Å²) in [5.74, 6) is 0.